The van der Waals surface area contributed by atoms with Crippen molar-refractivity contribution >= 4 is 34.3 Å². The maximum atomic E-state index is 13.9. The molecule has 0 fully saturated rings. The second kappa shape index (κ2) is 8.80. The normalized spacial score (nSPS) is 12.3. The van der Waals surface area contributed by atoms with E-state index in [0.717, 1.165) is 33.6 Å². The quantitative estimate of drug-likeness (QED) is 0.279. The fourth-order valence-corrected chi connectivity index (χ4v) is 5.47. The lowest BCUT2D eigenvalue weighted by atomic mass is 9.82. The molecule has 0 atom stereocenters. The van der Waals surface area contributed by atoms with Crippen molar-refractivity contribution in [2.45, 2.75) is 41.5 Å². The number of ketones is 2. The number of nitrogens with one attached hydrogen (secondary N) is 2. The van der Waals surface area contributed by atoms with Crippen LogP contribution in [0.1, 0.15) is 65.2 Å². The zero-order chi connectivity index (χ0) is 25.7. The van der Waals surface area contributed by atoms with Gasteiger partial charge in [-0.1, -0.05) is 59.7 Å². The van der Waals surface area contributed by atoms with Gasteiger partial charge in [0.15, 0.2) is 11.6 Å². The molecule has 0 unspecified atom stereocenters. The van der Waals surface area contributed by atoms with Crippen molar-refractivity contribution in [3.05, 3.63) is 116 Å². The molecule has 4 heteroatoms. The Morgan fingerprint density at radius 1 is 0.500 bits per heavy atom. The largest absolute Gasteiger partial charge is 0.354 e. The van der Waals surface area contributed by atoms with Crippen LogP contribution in [0.25, 0.3) is 0 Å². The smallest absolute Gasteiger partial charge is 0.196 e. The first kappa shape index (κ1) is 23.6. The van der Waals surface area contributed by atoms with Crippen LogP contribution in [-0.4, -0.2) is 11.6 Å². The molecule has 0 radical (unpaired) electrons. The summed E-state index contributed by atoms with van der Waals surface area (Å²) in [5, 5.41) is 6.93. The number of hydrogen-bond acceptors (Lipinski definition) is 4. The summed E-state index contributed by atoms with van der Waals surface area (Å²) < 4.78 is 0. The molecule has 5 rings (SSSR count). The summed E-state index contributed by atoms with van der Waals surface area (Å²) in [7, 11) is 0. The minimum Gasteiger partial charge on any atom is -0.354 e. The van der Waals surface area contributed by atoms with E-state index in [1.54, 1.807) is 12.1 Å². The Balaban J connectivity index is 1.60. The summed E-state index contributed by atoms with van der Waals surface area (Å²) in [5.74, 6) is -0.294. The Labute approximate surface area is 212 Å². The second-order valence-corrected chi connectivity index (χ2v) is 9.91. The van der Waals surface area contributed by atoms with Gasteiger partial charge in [0, 0.05) is 22.5 Å². The van der Waals surface area contributed by atoms with Crippen LogP contribution in [0.15, 0.2) is 60.7 Å². The summed E-state index contributed by atoms with van der Waals surface area (Å²) in [6.07, 6.45) is 0. The third kappa shape index (κ3) is 3.89. The van der Waals surface area contributed by atoms with E-state index in [0.29, 0.717) is 33.6 Å². The predicted molar refractivity (Wildman–Crippen MR) is 148 cm³/mol. The first-order chi connectivity index (χ1) is 17.2. The molecule has 4 aromatic carbocycles. The van der Waals surface area contributed by atoms with Crippen LogP contribution in [0.5, 0.6) is 0 Å². The molecule has 0 saturated heterocycles. The summed E-state index contributed by atoms with van der Waals surface area (Å²) in [6, 6.07) is 19.3. The van der Waals surface area contributed by atoms with Crippen molar-refractivity contribution in [1.29, 1.82) is 0 Å². The maximum Gasteiger partial charge on any atom is 0.196 e. The van der Waals surface area contributed by atoms with E-state index < -0.39 is 0 Å². The molecular formula is C32H30N2O2. The van der Waals surface area contributed by atoms with Gasteiger partial charge in [0.1, 0.15) is 0 Å². The summed E-state index contributed by atoms with van der Waals surface area (Å²) in [5.41, 5.74) is 11.7. The Morgan fingerprint density at radius 2 is 0.833 bits per heavy atom. The molecule has 1 aliphatic carbocycles. The highest BCUT2D eigenvalue weighted by Gasteiger charge is 2.34. The van der Waals surface area contributed by atoms with Crippen LogP contribution in [-0.2, 0) is 0 Å². The van der Waals surface area contributed by atoms with Crippen LogP contribution in [0.4, 0.5) is 22.7 Å². The molecule has 0 aliphatic heterocycles. The number of rotatable bonds is 4. The number of anilines is 4. The highest BCUT2D eigenvalue weighted by atomic mass is 16.1. The summed E-state index contributed by atoms with van der Waals surface area (Å²) >= 11 is 0. The lowest BCUT2D eigenvalue weighted by Crippen LogP contribution is -2.23. The third-order valence-corrected chi connectivity index (χ3v) is 6.95. The Kier molecular flexibility index (Phi) is 5.76. The van der Waals surface area contributed by atoms with Crippen LogP contribution >= 0.6 is 0 Å². The SMILES string of the molecule is Cc1cc(C)c(Nc2cccc3c2C(=O)c2cccc(Nc4c(C)cc(C)cc4C)c2C3=O)c(C)c1. The molecule has 4 nitrogen and oxygen atoms in total. The second-order valence-electron chi connectivity index (χ2n) is 9.91. The van der Waals surface area contributed by atoms with Gasteiger partial charge in [-0.3, -0.25) is 9.59 Å². The third-order valence-electron chi connectivity index (χ3n) is 6.95. The van der Waals surface area contributed by atoms with Crippen molar-refractivity contribution in [1.82, 2.24) is 0 Å². The fourth-order valence-electron chi connectivity index (χ4n) is 5.47. The van der Waals surface area contributed by atoms with E-state index in [9.17, 15) is 9.59 Å². The number of aryl methyl sites for hydroxylation is 6. The molecule has 4 aromatic rings. The summed E-state index contributed by atoms with van der Waals surface area (Å²) in [6.45, 7) is 12.3. The molecule has 0 aromatic heterocycles. The molecular weight excluding hydrogens is 444 g/mol. The van der Waals surface area contributed by atoms with E-state index in [-0.39, 0.29) is 11.6 Å². The van der Waals surface area contributed by atoms with Gasteiger partial charge >= 0.3 is 0 Å². The Bertz CT molecular complexity index is 1410. The van der Waals surface area contributed by atoms with E-state index in [1.807, 2.05) is 52.0 Å². The number of carbonyl (C=O) groups excluding carboxylic acids is 2. The van der Waals surface area contributed by atoms with Crippen LogP contribution in [0.3, 0.4) is 0 Å². The van der Waals surface area contributed by atoms with Gasteiger partial charge in [-0.25, -0.2) is 0 Å². The van der Waals surface area contributed by atoms with Gasteiger partial charge in [0.25, 0.3) is 0 Å². The zero-order valence-electron chi connectivity index (χ0n) is 21.6. The average molecular weight is 475 g/mol. The molecule has 180 valence electrons. The lowest BCUT2D eigenvalue weighted by Gasteiger charge is -2.24. The van der Waals surface area contributed by atoms with Crippen molar-refractivity contribution in [2.24, 2.45) is 0 Å². The molecule has 0 heterocycles. The molecule has 0 spiro atoms. The van der Waals surface area contributed by atoms with Gasteiger partial charge < -0.3 is 10.6 Å². The van der Waals surface area contributed by atoms with E-state index in [2.05, 4.69) is 48.7 Å². The standard InChI is InChI=1S/C32H30N2O2/c1-17-13-19(3)29(20(4)14-17)33-25-11-7-9-23-27(25)31(35)24-10-8-12-26(28(24)32(23)36)34-30-21(5)15-18(2)16-22(30)6/h7-16,33-34H,1-6H3. The average Bonchev–Trinajstić information content (AvgIpc) is 2.81. The monoisotopic (exact) mass is 474 g/mol. The molecule has 36 heavy (non-hydrogen) atoms. The highest BCUT2D eigenvalue weighted by Crippen LogP contribution is 2.38. The van der Waals surface area contributed by atoms with Crippen molar-refractivity contribution in [3.8, 4) is 0 Å². The van der Waals surface area contributed by atoms with E-state index >= 15 is 0 Å². The molecule has 1 aliphatic rings. The fraction of sp³-hybridized carbons (Fsp3) is 0.188. The zero-order valence-corrected chi connectivity index (χ0v) is 21.6. The van der Waals surface area contributed by atoms with Crippen molar-refractivity contribution in [2.75, 3.05) is 10.6 Å². The highest BCUT2D eigenvalue weighted by molar-refractivity contribution is 6.32. The number of carbonyl (C=O) groups is 2. The number of benzene rings is 4. The minimum atomic E-state index is -0.147. The Hall–Kier alpha value is -4.18. The van der Waals surface area contributed by atoms with Crippen molar-refractivity contribution in [3.63, 3.8) is 0 Å². The molecule has 0 bridgehead atoms. The summed E-state index contributed by atoms with van der Waals surface area (Å²) in [4.78, 5) is 27.7. The molecule has 2 N–H and O–H groups in total. The lowest BCUT2D eigenvalue weighted by molar-refractivity contribution is 0.0980. The molecule has 0 amide bonds. The Morgan fingerprint density at radius 3 is 1.17 bits per heavy atom. The van der Waals surface area contributed by atoms with Gasteiger partial charge in [0.05, 0.1) is 22.5 Å². The van der Waals surface area contributed by atoms with E-state index in [4.69, 9.17) is 0 Å². The maximum absolute atomic E-state index is 13.9. The van der Waals surface area contributed by atoms with Crippen LogP contribution in [0, 0.1) is 41.5 Å². The minimum absolute atomic E-state index is 0.147. The molecule has 0 saturated carbocycles. The predicted octanol–water partition coefficient (Wildman–Crippen LogP) is 7.80. The van der Waals surface area contributed by atoms with Crippen LogP contribution < -0.4 is 10.6 Å². The van der Waals surface area contributed by atoms with Gasteiger partial charge in [0.2, 0.25) is 0 Å². The van der Waals surface area contributed by atoms with Gasteiger partial charge in [-0.15, -0.1) is 0 Å². The van der Waals surface area contributed by atoms with Gasteiger partial charge in [-0.05, 0) is 75.9 Å². The van der Waals surface area contributed by atoms with Gasteiger partial charge in [-0.2, -0.15) is 0 Å². The topological polar surface area (TPSA) is 58.2 Å². The first-order valence-electron chi connectivity index (χ1n) is 12.2. The number of fused-ring (bicyclic) bond motifs is 2. The number of hydrogen-bond donors (Lipinski definition) is 2. The van der Waals surface area contributed by atoms with Crippen LogP contribution in [0.2, 0.25) is 0 Å². The first-order valence-corrected chi connectivity index (χ1v) is 12.2. The van der Waals surface area contributed by atoms with E-state index in [1.165, 1.54) is 11.1 Å². The van der Waals surface area contributed by atoms with Crippen molar-refractivity contribution < 1.29 is 9.59 Å².